The number of rotatable bonds is 4. The van der Waals surface area contributed by atoms with Gasteiger partial charge in [0.15, 0.2) is 23.0 Å². The number of hydrogen-bond acceptors (Lipinski definition) is 9. The van der Waals surface area contributed by atoms with Gasteiger partial charge in [0.1, 0.15) is 12.4 Å². The number of nitrogens with two attached hydrogens (primary N) is 1. The SMILES string of the molecule is [2H]c1c(OC)c(OC)c([2H])c2c(N)nc(N3C([2H])([2H])CN(C(=O)C4COc5ccccc5O4)CC3([2H])[2H])nc12. The van der Waals surface area contributed by atoms with Crippen LogP contribution in [0.4, 0.5) is 11.8 Å². The smallest absolute Gasteiger partial charge is 0.267 e. The summed E-state index contributed by atoms with van der Waals surface area (Å²) >= 11 is 0. The molecular formula is C23H25N5O5. The number of nitrogens with zero attached hydrogens (tertiary/aromatic N) is 4. The van der Waals surface area contributed by atoms with E-state index in [0.717, 1.165) is 4.90 Å². The van der Waals surface area contributed by atoms with Crippen LogP contribution in [0.2, 0.25) is 0 Å². The highest BCUT2D eigenvalue weighted by Gasteiger charge is 2.33. The first-order chi connectivity index (χ1) is 18.4. The third-order valence-corrected chi connectivity index (χ3v) is 5.15. The Morgan fingerprint density at radius 1 is 1.15 bits per heavy atom. The maximum atomic E-state index is 13.3. The molecule has 3 aromatic rings. The number of hydrogen-bond donors (Lipinski definition) is 1. The van der Waals surface area contributed by atoms with Gasteiger partial charge in [0.25, 0.3) is 5.91 Å². The number of fused-ring (bicyclic) bond motifs is 2. The number of piperazine rings is 1. The number of carbonyl (C=O) groups excluding carboxylic acids is 1. The molecule has 2 aromatic carbocycles. The number of methoxy groups -OCH3 is 2. The summed E-state index contributed by atoms with van der Waals surface area (Å²) in [5.74, 6) is -0.663. The van der Waals surface area contributed by atoms with Crippen molar-refractivity contribution in [2.24, 2.45) is 0 Å². The van der Waals surface area contributed by atoms with E-state index in [1.54, 1.807) is 24.3 Å². The van der Waals surface area contributed by atoms with Crippen LogP contribution in [0.3, 0.4) is 0 Å². The van der Waals surface area contributed by atoms with Gasteiger partial charge in [-0.2, -0.15) is 4.98 Å². The summed E-state index contributed by atoms with van der Waals surface area (Å²) in [7, 11) is 2.60. The molecule has 1 atom stereocenters. The number of aromatic nitrogens is 2. The van der Waals surface area contributed by atoms with E-state index in [0.29, 0.717) is 16.4 Å². The molecule has 10 nitrogen and oxygen atoms in total. The second-order valence-corrected chi connectivity index (χ2v) is 7.16. The average molecular weight is 458 g/mol. The normalized spacial score (nSPS) is 23.4. The van der Waals surface area contributed by atoms with Gasteiger partial charge >= 0.3 is 0 Å². The van der Waals surface area contributed by atoms with E-state index in [4.69, 9.17) is 32.9 Å². The van der Waals surface area contributed by atoms with Crippen molar-refractivity contribution in [2.75, 3.05) is 57.5 Å². The highest BCUT2D eigenvalue weighted by molar-refractivity contribution is 5.91. The summed E-state index contributed by atoms with van der Waals surface area (Å²) in [6.45, 7) is -6.21. The predicted molar refractivity (Wildman–Crippen MR) is 122 cm³/mol. The van der Waals surface area contributed by atoms with E-state index in [-0.39, 0.29) is 46.9 Å². The fourth-order valence-corrected chi connectivity index (χ4v) is 3.47. The Morgan fingerprint density at radius 3 is 2.58 bits per heavy atom. The minimum Gasteiger partial charge on any atom is -0.493 e. The lowest BCUT2D eigenvalue weighted by atomic mass is 10.2. The van der Waals surface area contributed by atoms with Crippen LogP contribution in [0.5, 0.6) is 23.0 Å². The molecule has 1 fully saturated rings. The minimum atomic E-state index is -2.51. The average Bonchev–Trinajstić information content (AvgIpc) is 2.88. The van der Waals surface area contributed by atoms with Gasteiger partial charge in [-0.3, -0.25) is 4.79 Å². The molecule has 0 aliphatic carbocycles. The fraction of sp³-hybridized carbons (Fsp3) is 0.348. The summed E-state index contributed by atoms with van der Waals surface area (Å²) in [6, 6.07) is 6.29. The van der Waals surface area contributed by atoms with Gasteiger partial charge in [0.05, 0.1) is 28.0 Å². The van der Waals surface area contributed by atoms with Crippen molar-refractivity contribution in [2.45, 2.75) is 6.10 Å². The van der Waals surface area contributed by atoms with E-state index in [2.05, 4.69) is 9.97 Å². The Labute approximate surface area is 199 Å². The zero-order chi connectivity index (χ0) is 28.3. The number of nitrogen functional groups attached to an aromatic ring is 1. The number of anilines is 2. The van der Waals surface area contributed by atoms with Crippen molar-refractivity contribution >= 4 is 28.6 Å². The van der Waals surface area contributed by atoms with Crippen LogP contribution in [0.25, 0.3) is 10.9 Å². The monoisotopic (exact) mass is 457 g/mol. The topological polar surface area (TPSA) is 112 Å². The molecule has 0 bridgehead atoms. The van der Waals surface area contributed by atoms with Gasteiger partial charge < -0.3 is 34.5 Å². The number of benzene rings is 2. The Hall–Kier alpha value is -3.95. The van der Waals surface area contributed by atoms with Gasteiger partial charge in [-0.1, -0.05) is 12.1 Å². The molecule has 33 heavy (non-hydrogen) atoms. The second-order valence-electron chi connectivity index (χ2n) is 7.16. The Balaban J connectivity index is 1.50. The summed E-state index contributed by atoms with van der Waals surface area (Å²) in [6.07, 6.45) is -1.09. The van der Waals surface area contributed by atoms with E-state index >= 15 is 0 Å². The standard InChI is InChI=1S/C23H25N5O5/c1-30-18-11-14-15(12-19(18)31-2)25-23(26-21(14)24)28-9-7-27(8-10-28)22(29)20-13-32-16-5-3-4-6-17(16)33-20/h3-6,11-12,20H,7-10,13H2,1-2H3,(H2,24,25,26)/i9D2,10D2,11D,12D. The number of carbonyl (C=O) groups is 1. The summed E-state index contributed by atoms with van der Waals surface area (Å²) in [5.41, 5.74) is 5.98. The molecular weight excluding hydrogens is 426 g/mol. The van der Waals surface area contributed by atoms with Crippen LogP contribution < -0.4 is 29.6 Å². The Morgan fingerprint density at radius 2 is 1.85 bits per heavy atom. The van der Waals surface area contributed by atoms with Crippen molar-refractivity contribution in [1.82, 2.24) is 14.9 Å². The Kier molecular flexibility index (Phi) is 3.87. The lowest BCUT2D eigenvalue weighted by Gasteiger charge is -2.37. The van der Waals surface area contributed by atoms with Crippen molar-refractivity contribution in [1.29, 1.82) is 0 Å². The first-order valence-corrected chi connectivity index (χ1v) is 10.1. The van der Waals surface area contributed by atoms with E-state index in [1.807, 2.05) is 0 Å². The van der Waals surface area contributed by atoms with Crippen LogP contribution in [-0.4, -0.2) is 73.8 Å². The maximum Gasteiger partial charge on any atom is 0.267 e. The molecule has 0 spiro atoms. The van der Waals surface area contributed by atoms with Crippen LogP contribution in [0.15, 0.2) is 36.4 Å². The molecule has 2 aliphatic heterocycles. The zero-order valence-corrected chi connectivity index (χ0v) is 17.9. The van der Waals surface area contributed by atoms with Gasteiger partial charge in [-0.15, -0.1) is 0 Å². The second kappa shape index (κ2) is 8.53. The quantitative estimate of drug-likeness (QED) is 0.626. The molecule has 10 heteroatoms. The van der Waals surface area contributed by atoms with Crippen molar-refractivity contribution in [3.05, 3.63) is 36.4 Å². The molecule has 172 valence electrons. The summed E-state index contributed by atoms with van der Waals surface area (Å²) < 4.78 is 73.5. The van der Waals surface area contributed by atoms with Gasteiger partial charge in [-0.25, -0.2) is 4.98 Å². The van der Waals surface area contributed by atoms with Gasteiger partial charge in [0, 0.05) is 37.5 Å². The van der Waals surface area contributed by atoms with Gasteiger partial charge in [0.2, 0.25) is 12.1 Å². The zero-order valence-electron chi connectivity index (χ0n) is 23.9. The van der Waals surface area contributed by atoms with E-state index < -0.39 is 44.0 Å². The molecule has 1 unspecified atom stereocenters. The molecule has 1 saturated heterocycles. The minimum absolute atomic E-state index is 0.0222. The van der Waals surface area contributed by atoms with Crippen molar-refractivity contribution in [3.63, 3.8) is 0 Å². The fourth-order valence-electron chi connectivity index (χ4n) is 3.47. The first kappa shape index (κ1) is 15.0. The van der Waals surface area contributed by atoms with Crippen LogP contribution >= 0.6 is 0 Å². The highest BCUT2D eigenvalue weighted by atomic mass is 16.6. The third kappa shape index (κ3) is 3.88. The van der Waals surface area contributed by atoms with Crippen molar-refractivity contribution < 1.29 is 32.0 Å². The van der Waals surface area contributed by atoms with Crippen LogP contribution in [-0.2, 0) is 4.79 Å². The number of amides is 1. The predicted octanol–water partition coefficient (Wildman–Crippen LogP) is 1.72. The summed E-state index contributed by atoms with van der Waals surface area (Å²) in [4.78, 5) is 23.3. The molecule has 0 saturated carbocycles. The van der Waals surface area contributed by atoms with Crippen LogP contribution in [0, 0.1) is 0 Å². The molecule has 5 rings (SSSR count). The van der Waals surface area contributed by atoms with E-state index in [9.17, 15) is 4.79 Å². The lowest BCUT2D eigenvalue weighted by Crippen LogP contribution is -2.54. The highest BCUT2D eigenvalue weighted by Crippen LogP contribution is 2.34. The van der Waals surface area contributed by atoms with Crippen molar-refractivity contribution in [3.8, 4) is 23.0 Å². The summed E-state index contributed by atoms with van der Waals surface area (Å²) in [5, 5.41) is -0.0222. The molecule has 3 heterocycles. The third-order valence-electron chi connectivity index (χ3n) is 5.15. The van der Waals surface area contributed by atoms with Crippen LogP contribution in [0.1, 0.15) is 8.22 Å². The van der Waals surface area contributed by atoms with Gasteiger partial charge in [-0.05, 0) is 18.2 Å². The number of para-hydroxylation sites is 2. The van der Waals surface area contributed by atoms with E-state index in [1.165, 1.54) is 14.2 Å². The maximum absolute atomic E-state index is 13.3. The molecule has 1 aromatic heterocycles. The Bertz CT molecular complexity index is 1460. The molecule has 1 amide bonds. The lowest BCUT2D eigenvalue weighted by molar-refractivity contribution is -0.141. The number of ether oxygens (including phenoxy) is 4. The largest absolute Gasteiger partial charge is 0.493 e. The first-order valence-electron chi connectivity index (χ1n) is 13.1. The molecule has 0 radical (unpaired) electrons. The molecule has 2 N–H and O–H groups in total. The molecule has 2 aliphatic rings.